The van der Waals surface area contributed by atoms with E-state index in [4.69, 9.17) is 11.6 Å². The van der Waals surface area contributed by atoms with Crippen molar-refractivity contribution in [1.29, 1.82) is 0 Å². The molecule has 0 radical (unpaired) electrons. The molecular weight excluding hydrogens is 220 g/mol. The number of halogens is 1. The summed E-state index contributed by atoms with van der Waals surface area (Å²) >= 11 is 5.94. The SMILES string of the molecule is Clc1cnc2[nH]c(C3CCCCC3)cc2c1. The molecule has 0 unspecified atom stereocenters. The van der Waals surface area contributed by atoms with E-state index in [0.717, 1.165) is 11.0 Å². The number of nitrogens with one attached hydrogen (secondary N) is 1. The summed E-state index contributed by atoms with van der Waals surface area (Å²) in [5, 5.41) is 1.84. The second-order valence-electron chi connectivity index (χ2n) is 4.65. The molecule has 0 atom stereocenters. The van der Waals surface area contributed by atoms with Crippen molar-refractivity contribution in [2.24, 2.45) is 0 Å². The Morgan fingerprint density at radius 3 is 2.81 bits per heavy atom. The lowest BCUT2D eigenvalue weighted by Crippen LogP contribution is -2.04. The molecule has 1 fully saturated rings. The first-order chi connectivity index (χ1) is 7.83. The highest BCUT2D eigenvalue weighted by molar-refractivity contribution is 6.31. The molecule has 1 aliphatic carbocycles. The maximum atomic E-state index is 5.94. The highest BCUT2D eigenvalue weighted by Gasteiger charge is 2.17. The first-order valence-electron chi connectivity index (χ1n) is 5.97. The Hall–Kier alpha value is -1.02. The topological polar surface area (TPSA) is 28.7 Å². The van der Waals surface area contributed by atoms with Crippen LogP contribution in [-0.4, -0.2) is 9.97 Å². The molecule has 0 aliphatic heterocycles. The molecule has 0 spiro atoms. The third-order valence-electron chi connectivity index (χ3n) is 3.50. The maximum Gasteiger partial charge on any atom is 0.137 e. The zero-order valence-corrected chi connectivity index (χ0v) is 9.93. The van der Waals surface area contributed by atoms with Crippen LogP contribution in [-0.2, 0) is 0 Å². The second kappa shape index (κ2) is 4.10. The molecule has 2 heterocycles. The van der Waals surface area contributed by atoms with Crippen LogP contribution >= 0.6 is 11.6 Å². The number of aromatic nitrogens is 2. The van der Waals surface area contributed by atoms with Gasteiger partial charge in [-0.1, -0.05) is 30.9 Å². The molecular formula is C13H15ClN2. The van der Waals surface area contributed by atoms with Gasteiger partial charge in [-0.2, -0.15) is 0 Å². The van der Waals surface area contributed by atoms with Crippen molar-refractivity contribution < 1.29 is 0 Å². The van der Waals surface area contributed by atoms with Gasteiger partial charge in [0, 0.05) is 17.3 Å². The molecule has 2 aromatic heterocycles. The quantitative estimate of drug-likeness (QED) is 0.785. The fourth-order valence-corrected chi connectivity index (χ4v) is 2.81. The number of pyridine rings is 1. The van der Waals surface area contributed by atoms with Crippen LogP contribution in [0.1, 0.15) is 43.7 Å². The fraction of sp³-hybridized carbons (Fsp3) is 0.462. The van der Waals surface area contributed by atoms with Crippen molar-refractivity contribution in [3.05, 3.63) is 29.0 Å². The van der Waals surface area contributed by atoms with E-state index >= 15 is 0 Å². The summed E-state index contributed by atoms with van der Waals surface area (Å²) in [5.74, 6) is 0.696. The number of nitrogens with zero attached hydrogens (tertiary/aromatic N) is 1. The standard InChI is InChI=1S/C13H15ClN2/c14-11-6-10-7-12(16-13(10)15-8-11)9-4-2-1-3-5-9/h6-9H,1-5H2,(H,15,16). The highest BCUT2D eigenvalue weighted by atomic mass is 35.5. The van der Waals surface area contributed by atoms with Crippen molar-refractivity contribution in [3.8, 4) is 0 Å². The summed E-state index contributed by atoms with van der Waals surface area (Å²) in [6.45, 7) is 0. The first-order valence-corrected chi connectivity index (χ1v) is 6.35. The van der Waals surface area contributed by atoms with Crippen LogP contribution in [0.2, 0.25) is 5.02 Å². The number of aromatic amines is 1. The Kier molecular flexibility index (Phi) is 2.60. The highest BCUT2D eigenvalue weighted by Crippen LogP contribution is 2.33. The Morgan fingerprint density at radius 1 is 1.19 bits per heavy atom. The van der Waals surface area contributed by atoms with E-state index in [9.17, 15) is 0 Å². The van der Waals surface area contributed by atoms with E-state index in [2.05, 4.69) is 16.0 Å². The minimum absolute atomic E-state index is 0.696. The molecule has 84 valence electrons. The maximum absolute atomic E-state index is 5.94. The Bertz CT molecular complexity index is 498. The molecule has 0 saturated heterocycles. The van der Waals surface area contributed by atoms with E-state index in [1.807, 2.05) is 6.07 Å². The van der Waals surface area contributed by atoms with Crippen LogP contribution in [0.4, 0.5) is 0 Å². The summed E-state index contributed by atoms with van der Waals surface area (Å²) in [7, 11) is 0. The van der Waals surface area contributed by atoms with Gasteiger partial charge < -0.3 is 4.98 Å². The van der Waals surface area contributed by atoms with E-state index < -0.39 is 0 Å². The monoisotopic (exact) mass is 234 g/mol. The Labute approximate surface area is 100 Å². The van der Waals surface area contributed by atoms with Crippen LogP contribution in [0.3, 0.4) is 0 Å². The summed E-state index contributed by atoms with van der Waals surface area (Å²) < 4.78 is 0. The number of hydrogen-bond donors (Lipinski definition) is 1. The minimum atomic E-state index is 0.696. The normalized spacial score (nSPS) is 18.1. The third-order valence-corrected chi connectivity index (χ3v) is 3.71. The molecule has 0 bridgehead atoms. The summed E-state index contributed by atoms with van der Waals surface area (Å²) in [6.07, 6.45) is 8.41. The van der Waals surface area contributed by atoms with Gasteiger partial charge in [0.15, 0.2) is 0 Å². The molecule has 1 saturated carbocycles. The summed E-state index contributed by atoms with van der Waals surface area (Å²) in [6, 6.07) is 4.19. The summed E-state index contributed by atoms with van der Waals surface area (Å²) in [4.78, 5) is 7.73. The Balaban J connectivity index is 1.97. The van der Waals surface area contributed by atoms with E-state index in [1.165, 1.54) is 37.8 Å². The zero-order valence-electron chi connectivity index (χ0n) is 9.17. The van der Waals surface area contributed by atoms with Gasteiger partial charge in [0.1, 0.15) is 5.65 Å². The van der Waals surface area contributed by atoms with Crippen LogP contribution in [0.5, 0.6) is 0 Å². The van der Waals surface area contributed by atoms with Crippen LogP contribution in [0, 0.1) is 0 Å². The molecule has 3 heteroatoms. The number of hydrogen-bond acceptors (Lipinski definition) is 1. The van der Waals surface area contributed by atoms with E-state index in [-0.39, 0.29) is 0 Å². The number of H-pyrrole nitrogens is 1. The van der Waals surface area contributed by atoms with Gasteiger partial charge in [0.2, 0.25) is 0 Å². The van der Waals surface area contributed by atoms with Crippen LogP contribution in [0.25, 0.3) is 11.0 Å². The summed E-state index contributed by atoms with van der Waals surface area (Å²) in [5.41, 5.74) is 2.30. The van der Waals surface area contributed by atoms with Gasteiger partial charge in [-0.25, -0.2) is 4.98 Å². The van der Waals surface area contributed by atoms with Gasteiger partial charge in [0.25, 0.3) is 0 Å². The lowest BCUT2D eigenvalue weighted by Gasteiger charge is -2.20. The molecule has 1 N–H and O–H groups in total. The zero-order chi connectivity index (χ0) is 11.0. The molecule has 0 aromatic carbocycles. The minimum Gasteiger partial charge on any atom is -0.343 e. The van der Waals surface area contributed by atoms with E-state index in [0.29, 0.717) is 10.9 Å². The molecule has 1 aliphatic rings. The van der Waals surface area contributed by atoms with Crippen LogP contribution < -0.4 is 0 Å². The predicted octanol–water partition coefficient (Wildman–Crippen LogP) is 4.26. The van der Waals surface area contributed by atoms with Gasteiger partial charge >= 0.3 is 0 Å². The Morgan fingerprint density at radius 2 is 2.00 bits per heavy atom. The lowest BCUT2D eigenvalue weighted by atomic mass is 9.87. The predicted molar refractivity (Wildman–Crippen MR) is 66.9 cm³/mol. The van der Waals surface area contributed by atoms with E-state index in [1.54, 1.807) is 6.20 Å². The lowest BCUT2D eigenvalue weighted by molar-refractivity contribution is 0.438. The van der Waals surface area contributed by atoms with Crippen molar-refractivity contribution in [1.82, 2.24) is 9.97 Å². The van der Waals surface area contributed by atoms with Crippen molar-refractivity contribution in [2.45, 2.75) is 38.0 Å². The second-order valence-corrected chi connectivity index (χ2v) is 5.09. The van der Waals surface area contributed by atoms with Crippen molar-refractivity contribution in [3.63, 3.8) is 0 Å². The van der Waals surface area contributed by atoms with Gasteiger partial charge in [-0.3, -0.25) is 0 Å². The smallest absolute Gasteiger partial charge is 0.137 e. The number of fused-ring (bicyclic) bond motifs is 1. The van der Waals surface area contributed by atoms with Gasteiger partial charge in [-0.05, 0) is 30.9 Å². The first kappa shape index (κ1) is 10.2. The number of rotatable bonds is 1. The average Bonchev–Trinajstić information content (AvgIpc) is 2.73. The van der Waals surface area contributed by atoms with Crippen molar-refractivity contribution >= 4 is 22.6 Å². The molecule has 3 rings (SSSR count). The largest absolute Gasteiger partial charge is 0.343 e. The molecule has 16 heavy (non-hydrogen) atoms. The molecule has 2 nitrogen and oxygen atoms in total. The average molecular weight is 235 g/mol. The van der Waals surface area contributed by atoms with Crippen molar-refractivity contribution in [2.75, 3.05) is 0 Å². The molecule has 2 aromatic rings. The third kappa shape index (κ3) is 1.82. The van der Waals surface area contributed by atoms with Crippen LogP contribution in [0.15, 0.2) is 18.3 Å². The van der Waals surface area contributed by atoms with Gasteiger partial charge in [0.05, 0.1) is 5.02 Å². The fourth-order valence-electron chi connectivity index (χ4n) is 2.64. The van der Waals surface area contributed by atoms with Gasteiger partial charge in [-0.15, -0.1) is 0 Å². The molecule has 0 amide bonds.